The van der Waals surface area contributed by atoms with Gasteiger partial charge in [0.25, 0.3) is 6.43 Å². The number of hydrogen-bond donors (Lipinski definition) is 0. The fraction of sp³-hybridized carbons (Fsp3) is 0.650. The molecule has 146 valence electrons. The summed E-state index contributed by atoms with van der Waals surface area (Å²) in [5.74, 6) is -0.000259. The maximum atomic E-state index is 14.7. The van der Waals surface area contributed by atoms with Gasteiger partial charge in [-0.05, 0) is 32.3 Å². The first-order valence-electron chi connectivity index (χ1n) is 9.33. The van der Waals surface area contributed by atoms with Gasteiger partial charge >= 0.3 is 0 Å². The number of allylic oxidation sites excluding steroid dienone is 2. The summed E-state index contributed by atoms with van der Waals surface area (Å²) in [6.07, 6.45) is 1.40. The average molecular weight is 370 g/mol. The summed E-state index contributed by atoms with van der Waals surface area (Å²) < 4.78 is 49.0. The van der Waals surface area contributed by atoms with Gasteiger partial charge in [-0.2, -0.15) is 0 Å². The molecule has 0 aromatic carbocycles. The van der Waals surface area contributed by atoms with Gasteiger partial charge in [0.15, 0.2) is 5.83 Å². The molecule has 0 atom stereocenters. The van der Waals surface area contributed by atoms with Gasteiger partial charge in [-0.25, -0.2) is 18.2 Å². The van der Waals surface area contributed by atoms with Crippen molar-refractivity contribution in [2.24, 2.45) is 5.92 Å². The highest BCUT2D eigenvalue weighted by molar-refractivity contribution is 5.54. The third-order valence-corrected chi connectivity index (χ3v) is 4.86. The SMILES string of the molecule is CC.CC(C)C1=CC(F)=c2nc(C3(C(F)F)COC3)n(C(C)C)c2=CC1. The molecule has 1 aromatic heterocycles. The van der Waals surface area contributed by atoms with Gasteiger partial charge in [0.05, 0.1) is 18.6 Å². The molecule has 0 bridgehead atoms. The van der Waals surface area contributed by atoms with Crippen LogP contribution in [0.3, 0.4) is 0 Å². The normalized spacial score (nSPS) is 18.6. The third-order valence-electron chi connectivity index (χ3n) is 4.86. The van der Waals surface area contributed by atoms with Crippen molar-refractivity contribution in [1.29, 1.82) is 0 Å². The van der Waals surface area contributed by atoms with Crippen molar-refractivity contribution in [2.75, 3.05) is 13.2 Å². The minimum Gasteiger partial charge on any atom is -0.379 e. The summed E-state index contributed by atoms with van der Waals surface area (Å²) in [6.45, 7) is 11.7. The first-order chi connectivity index (χ1) is 12.3. The second kappa shape index (κ2) is 7.99. The van der Waals surface area contributed by atoms with E-state index in [1.807, 2.05) is 47.6 Å². The van der Waals surface area contributed by atoms with E-state index in [1.54, 1.807) is 4.57 Å². The highest BCUT2D eigenvalue weighted by Crippen LogP contribution is 2.37. The van der Waals surface area contributed by atoms with Gasteiger partial charge in [0, 0.05) is 6.04 Å². The Morgan fingerprint density at radius 3 is 2.19 bits per heavy atom. The van der Waals surface area contributed by atoms with Crippen LogP contribution in [0.5, 0.6) is 0 Å². The fourth-order valence-corrected chi connectivity index (χ4v) is 3.27. The Morgan fingerprint density at radius 2 is 1.77 bits per heavy atom. The molecule has 0 unspecified atom stereocenters. The lowest BCUT2D eigenvalue weighted by Gasteiger charge is -2.40. The van der Waals surface area contributed by atoms with Gasteiger partial charge in [0.2, 0.25) is 0 Å². The van der Waals surface area contributed by atoms with Crippen LogP contribution in [0.25, 0.3) is 11.9 Å². The van der Waals surface area contributed by atoms with Gasteiger partial charge in [-0.15, -0.1) is 0 Å². The predicted octanol–water partition coefficient (Wildman–Crippen LogP) is 3.87. The van der Waals surface area contributed by atoms with Crippen molar-refractivity contribution in [3.63, 3.8) is 0 Å². The van der Waals surface area contributed by atoms with Crippen LogP contribution in [0.2, 0.25) is 0 Å². The highest BCUT2D eigenvalue weighted by Gasteiger charge is 2.52. The Labute approximate surface area is 153 Å². The van der Waals surface area contributed by atoms with Crippen LogP contribution < -0.4 is 10.7 Å². The van der Waals surface area contributed by atoms with E-state index in [-0.39, 0.29) is 36.3 Å². The minimum absolute atomic E-state index is 0.0814. The maximum absolute atomic E-state index is 14.7. The molecular weight excluding hydrogens is 341 g/mol. The molecule has 26 heavy (non-hydrogen) atoms. The summed E-state index contributed by atoms with van der Waals surface area (Å²) in [4.78, 5) is 4.34. The van der Waals surface area contributed by atoms with Crippen molar-refractivity contribution < 1.29 is 17.9 Å². The Balaban J connectivity index is 0.00000117. The van der Waals surface area contributed by atoms with E-state index in [0.29, 0.717) is 11.8 Å². The number of alkyl halides is 2. The number of imidazole rings is 1. The lowest BCUT2D eigenvalue weighted by molar-refractivity contribution is -0.139. The van der Waals surface area contributed by atoms with E-state index < -0.39 is 17.7 Å². The maximum Gasteiger partial charge on any atom is 0.255 e. The molecule has 2 heterocycles. The zero-order valence-corrected chi connectivity index (χ0v) is 16.4. The number of aromatic nitrogens is 2. The summed E-state index contributed by atoms with van der Waals surface area (Å²) in [6, 6.07) is -0.0999. The average Bonchev–Trinajstić information content (AvgIpc) is 2.83. The second-order valence-electron chi connectivity index (χ2n) is 7.21. The second-order valence-corrected chi connectivity index (χ2v) is 7.21. The van der Waals surface area contributed by atoms with E-state index in [4.69, 9.17) is 4.74 Å². The van der Waals surface area contributed by atoms with E-state index in [2.05, 4.69) is 4.98 Å². The van der Waals surface area contributed by atoms with Crippen molar-refractivity contribution in [2.45, 2.75) is 65.8 Å². The summed E-state index contributed by atoms with van der Waals surface area (Å²) in [5.41, 5.74) is -0.465. The molecule has 0 N–H and O–H groups in total. The monoisotopic (exact) mass is 370 g/mol. The number of fused-ring (bicyclic) bond motifs is 1. The van der Waals surface area contributed by atoms with Gasteiger partial charge in [-0.1, -0.05) is 39.3 Å². The fourth-order valence-electron chi connectivity index (χ4n) is 3.27. The smallest absolute Gasteiger partial charge is 0.255 e. The molecule has 0 amide bonds. The zero-order chi connectivity index (χ0) is 19.6. The van der Waals surface area contributed by atoms with Crippen LogP contribution in [0.4, 0.5) is 13.2 Å². The van der Waals surface area contributed by atoms with Crippen molar-refractivity contribution in [1.82, 2.24) is 9.55 Å². The van der Waals surface area contributed by atoms with Gasteiger partial charge in [-0.3, -0.25) is 0 Å². The minimum atomic E-state index is -2.60. The summed E-state index contributed by atoms with van der Waals surface area (Å²) in [5, 5.41) is 0.762. The zero-order valence-electron chi connectivity index (χ0n) is 16.4. The molecule has 2 aliphatic rings. The van der Waals surface area contributed by atoms with Crippen LogP contribution in [-0.4, -0.2) is 29.2 Å². The van der Waals surface area contributed by atoms with Crippen molar-refractivity contribution >= 4 is 11.9 Å². The molecule has 0 radical (unpaired) electrons. The lowest BCUT2D eigenvalue weighted by Crippen LogP contribution is -2.54. The number of rotatable bonds is 4. The Morgan fingerprint density at radius 1 is 1.15 bits per heavy atom. The Kier molecular flexibility index (Phi) is 6.37. The molecule has 0 saturated carbocycles. The molecule has 6 heteroatoms. The molecule has 3 rings (SSSR count). The third kappa shape index (κ3) is 3.36. The molecule has 1 aromatic rings. The quantitative estimate of drug-likeness (QED) is 0.805. The van der Waals surface area contributed by atoms with Crippen LogP contribution in [0, 0.1) is 5.92 Å². The van der Waals surface area contributed by atoms with Crippen LogP contribution in [0.15, 0.2) is 11.6 Å². The first-order valence-corrected chi connectivity index (χ1v) is 9.33. The van der Waals surface area contributed by atoms with Crippen molar-refractivity contribution in [3.8, 4) is 0 Å². The molecule has 1 saturated heterocycles. The highest BCUT2D eigenvalue weighted by atomic mass is 19.3. The van der Waals surface area contributed by atoms with E-state index in [9.17, 15) is 13.2 Å². The van der Waals surface area contributed by atoms with E-state index in [0.717, 1.165) is 5.57 Å². The number of nitrogens with zero attached hydrogens (tertiary/aromatic N) is 2. The van der Waals surface area contributed by atoms with Gasteiger partial charge in [0.1, 0.15) is 16.6 Å². The standard InChI is InChI=1S/C18H23F3N2O.C2H6/c1-10(2)12-5-6-14-15(13(19)7-12)22-17(23(14)11(3)4)18(16(20)21)8-24-9-18;1-2/h6-7,10-11,16H,5,8-9H2,1-4H3;1-2H3. The van der Waals surface area contributed by atoms with Crippen LogP contribution in [0.1, 0.15) is 59.8 Å². The summed E-state index contributed by atoms with van der Waals surface area (Å²) in [7, 11) is 0. The van der Waals surface area contributed by atoms with Crippen molar-refractivity contribution in [3.05, 3.63) is 28.2 Å². The molecule has 1 aliphatic carbocycles. The lowest BCUT2D eigenvalue weighted by atomic mass is 9.85. The molecule has 1 fully saturated rings. The van der Waals surface area contributed by atoms with Crippen LogP contribution >= 0.6 is 0 Å². The Bertz CT molecular complexity index is 787. The summed E-state index contributed by atoms with van der Waals surface area (Å²) >= 11 is 0. The first kappa shape index (κ1) is 20.7. The molecule has 1 aliphatic heterocycles. The predicted molar refractivity (Wildman–Crippen MR) is 98.2 cm³/mol. The topological polar surface area (TPSA) is 27.1 Å². The van der Waals surface area contributed by atoms with Gasteiger partial charge < -0.3 is 9.30 Å². The Hall–Kier alpha value is -1.56. The van der Waals surface area contributed by atoms with E-state index >= 15 is 0 Å². The largest absolute Gasteiger partial charge is 0.379 e. The number of halogens is 3. The molecule has 0 spiro atoms. The number of ether oxygens (including phenoxy) is 1. The van der Waals surface area contributed by atoms with Crippen LogP contribution in [-0.2, 0) is 10.2 Å². The molecule has 3 nitrogen and oxygen atoms in total. The molecular formula is C20H29F3N2O. The number of hydrogen-bond acceptors (Lipinski definition) is 2. The van der Waals surface area contributed by atoms with E-state index in [1.165, 1.54) is 6.08 Å².